The van der Waals surface area contributed by atoms with Crippen molar-refractivity contribution in [2.45, 2.75) is 69.8 Å². The largest absolute Gasteiger partial charge is 0.348 e. The van der Waals surface area contributed by atoms with E-state index in [4.69, 9.17) is 23.7 Å². The Kier molecular flexibility index (Phi) is 3.87. The number of aromatic nitrogens is 1. The van der Waals surface area contributed by atoms with Gasteiger partial charge in [0, 0.05) is 17.5 Å². The Bertz CT molecular complexity index is 861. The third-order valence-corrected chi connectivity index (χ3v) is 5.51. The average Bonchev–Trinajstić information content (AvgIpc) is 3.23. The first-order chi connectivity index (χ1) is 12.8. The van der Waals surface area contributed by atoms with Crippen LogP contribution in [0.4, 0.5) is 0 Å². The lowest BCUT2D eigenvalue weighted by Crippen LogP contribution is -2.38. The maximum atomic E-state index is 6.33. The number of rotatable bonds is 2. The number of nitrogens with zero attached hydrogens (tertiary/aromatic N) is 1. The number of pyridine rings is 1. The fourth-order valence-corrected chi connectivity index (χ4v) is 4.48. The van der Waals surface area contributed by atoms with E-state index in [-0.39, 0.29) is 24.2 Å². The molecule has 1 aromatic carbocycles. The van der Waals surface area contributed by atoms with E-state index in [0.29, 0.717) is 6.61 Å². The van der Waals surface area contributed by atoms with E-state index in [1.807, 2.05) is 40.0 Å². The Morgan fingerprint density at radius 1 is 0.926 bits per heavy atom. The third-order valence-electron chi connectivity index (χ3n) is 5.51. The zero-order chi connectivity index (χ0) is 18.8. The minimum absolute atomic E-state index is 0.0575. The molecule has 0 spiro atoms. The molecule has 0 radical (unpaired) electrons. The fraction of sp³-hybridized carbons (Fsp3) is 0.571. The van der Waals surface area contributed by atoms with Crippen molar-refractivity contribution < 1.29 is 23.7 Å². The first-order valence-corrected chi connectivity index (χ1v) is 9.50. The smallest absolute Gasteiger partial charge is 0.188 e. The quantitative estimate of drug-likeness (QED) is 0.807. The topological polar surface area (TPSA) is 59.0 Å². The van der Waals surface area contributed by atoms with E-state index in [0.717, 1.165) is 16.5 Å². The van der Waals surface area contributed by atoms with E-state index < -0.39 is 17.9 Å². The van der Waals surface area contributed by atoms with Crippen molar-refractivity contribution in [2.24, 2.45) is 0 Å². The van der Waals surface area contributed by atoms with Crippen LogP contribution in [0.15, 0.2) is 36.5 Å². The van der Waals surface area contributed by atoms with Crippen LogP contribution < -0.4 is 0 Å². The summed E-state index contributed by atoms with van der Waals surface area (Å²) in [6, 6.07) is 10.3. The normalized spacial score (nSPS) is 37.0. The van der Waals surface area contributed by atoms with Crippen molar-refractivity contribution in [1.29, 1.82) is 0 Å². The van der Waals surface area contributed by atoms with Gasteiger partial charge in [0.15, 0.2) is 17.9 Å². The lowest BCUT2D eigenvalue weighted by Gasteiger charge is -2.29. The fourth-order valence-electron chi connectivity index (χ4n) is 4.48. The monoisotopic (exact) mass is 371 g/mol. The molecule has 3 fully saturated rings. The van der Waals surface area contributed by atoms with Crippen molar-refractivity contribution >= 4 is 10.9 Å². The molecular weight excluding hydrogens is 346 g/mol. The highest BCUT2D eigenvalue weighted by Gasteiger charge is 2.58. The molecule has 2 aromatic rings. The summed E-state index contributed by atoms with van der Waals surface area (Å²) in [6.07, 6.45) is 0.754. The Balaban J connectivity index is 1.58. The van der Waals surface area contributed by atoms with Crippen LogP contribution >= 0.6 is 0 Å². The molecule has 5 atom stereocenters. The summed E-state index contributed by atoms with van der Waals surface area (Å²) in [7, 11) is 0. The molecule has 0 amide bonds. The molecule has 3 aliphatic heterocycles. The maximum absolute atomic E-state index is 6.33. The zero-order valence-electron chi connectivity index (χ0n) is 16.0. The average molecular weight is 371 g/mol. The van der Waals surface area contributed by atoms with Crippen molar-refractivity contribution in [1.82, 2.24) is 4.98 Å². The van der Waals surface area contributed by atoms with Crippen LogP contribution in [-0.4, -0.2) is 47.8 Å². The van der Waals surface area contributed by atoms with Gasteiger partial charge in [-0.1, -0.05) is 24.3 Å². The van der Waals surface area contributed by atoms with Gasteiger partial charge in [-0.25, -0.2) is 0 Å². The van der Waals surface area contributed by atoms with Crippen LogP contribution in [0.5, 0.6) is 0 Å². The van der Waals surface area contributed by atoms with Gasteiger partial charge in [0.05, 0.1) is 18.2 Å². The number of ether oxygens (including phenoxy) is 5. The summed E-state index contributed by atoms with van der Waals surface area (Å²) < 4.78 is 30.5. The number of hydrogen-bond donors (Lipinski definition) is 0. The van der Waals surface area contributed by atoms with E-state index in [1.54, 1.807) is 0 Å². The van der Waals surface area contributed by atoms with Crippen molar-refractivity contribution in [3.8, 4) is 0 Å². The summed E-state index contributed by atoms with van der Waals surface area (Å²) in [6.45, 7) is 8.16. The summed E-state index contributed by atoms with van der Waals surface area (Å²) >= 11 is 0. The first kappa shape index (κ1) is 17.5. The molecule has 1 aromatic heterocycles. The van der Waals surface area contributed by atoms with Gasteiger partial charge < -0.3 is 23.7 Å². The molecular formula is C21H25NO5. The van der Waals surface area contributed by atoms with Crippen LogP contribution in [-0.2, 0) is 23.7 Å². The highest BCUT2D eigenvalue weighted by Crippen LogP contribution is 2.49. The van der Waals surface area contributed by atoms with E-state index >= 15 is 0 Å². The second kappa shape index (κ2) is 5.96. The van der Waals surface area contributed by atoms with Crippen LogP contribution in [0.1, 0.15) is 39.2 Å². The van der Waals surface area contributed by atoms with Crippen LogP contribution in [0, 0.1) is 0 Å². The Morgan fingerprint density at radius 2 is 1.74 bits per heavy atom. The minimum atomic E-state index is -0.678. The second-order valence-corrected chi connectivity index (χ2v) is 8.38. The van der Waals surface area contributed by atoms with Gasteiger partial charge in [-0.2, -0.15) is 0 Å². The summed E-state index contributed by atoms with van der Waals surface area (Å²) in [5.74, 6) is -1.35. The number of benzene rings is 1. The first-order valence-electron chi connectivity index (χ1n) is 9.50. The molecule has 27 heavy (non-hydrogen) atoms. The van der Waals surface area contributed by atoms with Gasteiger partial charge in [0.2, 0.25) is 0 Å². The van der Waals surface area contributed by atoms with Crippen molar-refractivity contribution in [2.75, 3.05) is 6.61 Å². The van der Waals surface area contributed by atoms with Crippen LogP contribution in [0.25, 0.3) is 10.9 Å². The van der Waals surface area contributed by atoms with Crippen molar-refractivity contribution in [3.63, 3.8) is 0 Å². The lowest BCUT2D eigenvalue weighted by molar-refractivity contribution is -0.223. The molecule has 4 heterocycles. The molecule has 0 bridgehead atoms. The van der Waals surface area contributed by atoms with E-state index in [2.05, 4.69) is 29.2 Å². The summed E-state index contributed by atoms with van der Waals surface area (Å²) in [4.78, 5) is 4.64. The lowest BCUT2D eigenvalue weighted by atomic mass is 9.86. The van der Waals surface area contributed by atoms with E-state index in [1.165, 1.54) is 0 Å². The third kappa shape index (κ3) is 2.96. The summed E-state index contributed by atoms with van der Waals surface area (Å²) in [5.41, 5.74) is 2.06. The van der Waals surface area contributed by atoms with Gasteiger partial charge in [0.25, 0.3) is 0 Å². The molecule has 3 aliphatic rings. The molecule has 0 aliphatic carbocycles. The maximum Gasteiger partial charge on any atom is 0.188 e. The van der Waals surface area contributed by atoms with Crippen molar-refractivity contribution in [3.05, 3.63) is 42.1 Å². The highest BCUT2D eigenvalue weighted by molar-refractivity contribution is 5.82. The predicted molar refractivity (Wildman–Crippen MR) is 98.1 cm³/mol. The van der Waals surface area contributed by atoms with Gasteiger partial charge >= 0.3 is 0 Å². The Labute approximate surface area is 158 Å². The Morgan fingerprint density at radius 3 is 2.52 bits per heavy atom. The number of para-hydroxylation sites is 1. The molecule has 0 N–H and O–H groups in total. The SMILES string of the molecule is CC1(C)OCC([C@H]2O[C@@H]3OC(C)(C)O[C@@H]3[C@H]2c2cccc3cccnc23)O1. The highest BCUT2D eigenvalue weighted by atomic mass is 16.8. The van der Waals surface area contributed by atoms with Gasteiger partial charge in [-0.3, -0.25) is 4.98 Å². The molecule has 144 valence electrons. The summed E-state index contributed by atoms with van der Waals surface area (Å²) in [5, 5.41) is 1.10. The minimum Gasteiger partial charge on any atom is -0.348 e. The van der Waals surface area contributed by atoms with Gasteiger partial charge in [-0.15, -0.1) is 0 Å². The number of hydrogen-bond acceptors (Lipinski definition) is 6. The molecule has 6 nitrogen and oxygen atoms in total. The Hall–Kier alpha value is -1.57. The molecule has 3 saturated heterocycles. The predicted octanol–water partition coefficient (Wildman–Crippen LogP) is 3.35. The zero-order valence-corrected chi connectivity index (χ0v) is 16.0. The molecule has 5 rings (SSSR count). The number of fused-ring (bicyclic) bond motifs is 2. The van der Waals surface area contributed by atoms with E-state index in [9.17, 15) is 0 Å². The van der Waals surface area contributed by atoms with Gasteiger partial charge in [-0.05, 0) is 39.3 Å². The molecule has 1 unspecified atom stereocenters. The standard InChI is InChI=1S/C21H25NO5/c1-20(2)23-11-14(25-20)17-15(18-19(24-17)27-21(3,4)26-18)13-9-5-7-12-8-6-10-22-16(12)13/h5-10,14-15,17-19H,11H2,1-4H3/t14?,15-,17+,18+,19+/m0/s1. The van der Waals surface area contributed by atoms with Crippen LogP contribution in [0.2, 0.25) is 0 Å². The molecule has 6 heteroatoms. The van der Waals surface area contributed by atoms with Crippen LogP contribution in [0.3, 0.4) is 0 Å². The second-order valence-electron chi connectivity index (χ2n) is 8.38. The molecule has 0 saturated carbocycles. The van der Waals surface area contributed by atoms with Gasteiger partial charge in [0.1, 0.15) is 12.2 Å².